The van der Waals surface area contributed by atoms with Crippen LogP contribution in [0, 0.1) is 6.58 Å². The van der Waals surface area contributed by atoms with Crippen molar-refractivity contribution in [3.8, 4) is 0 Å². The summed E-state index contributed by atoms with van der Waals surface area (Å²) in [6, 6.07) is 16.7. The predicted molar refractivity (Wildman–Crippen MR) is 63.1 cm³/mol. The van der Waals surface area contributed by atoms with Crippen LogP contribution < -0.4 is 0 Å². The van der Waals surface area contributed by atoms with Crippen molar-refractivity contribution >= 4 is 10.8 Å². The normalized spacial score (nSPS) is 9.00. The Morgan fingerprint density at radius 1 is 0.786 bits per heavy atom. The summed E-state index contributed by atoms with van der Waals surface area (Å²) < 4.78 is 0. The van der Waals surface area contributed by atoms with Crippen molar-refractivity contribution in [3.05, 3.63) is 60.7 Å². The van der Waals surface area contributed by atoms with Crippen molar-refractivity contribution in [1.82, 2.24) is 0 Å². The van der Waals surface area contributed by atoms with Crippen molar-refractivity contribution < 1.29 is 0 Å². The Balaban J connectivity index is 0.000000213. The minimum Gasteiger partial charge on any atom is -0.0764 e. The molecule has 14 heavy (non-hydrogen) atoms. The van der Waals surface area contributed by atoms with Crippen LogP contribution in [0.1, 0.15) is 13.8 Å². The molecule has 0 saturated heterocycles. The molecular weight excluding hydrogens is 168 g/mol. The number of allylic oxidation sites excluding steroid dienone is 1. The molecule has 0 amide bonds. The molecular formula is C14H15. The molecule has 0 N–H and O–H groups in total. The monoisotopic (exact) mass is 183 g/mol. The van der Waals surface area contributed by atoms with Gasteiger partial charge in [-0.05, 0) is 24.6 Å². The van der Waals surface area contributed by atoms with Crippen LogP contribution >= 0.6 is 0 Å². The van der Waals surface area contributed by atoms with Crippen molar-refractivity contribution in [1.29, 1.82) is 0 Å². The van der Waals surface area contributed by atoms with Crippen molar-refractivity contribution in [2.24, 2.45) is 0 Å². The number of hydrogen-bond acceptors (Lipinski definition) is 0. The Kier molecular flexibility index (Phi) is 3.93. The second kappa shape index (κ2) is 5.23. The maximum absolute atomic E-state index is 5.03. The highest BCUT2D eigenvalue weighted by atomic mass is 13.9. The van der Waals surface area contributed by atoms with Crippen LogP contribution in [-0.4, -0.2) is 0 Å². The second-order valence-corrected chi connectivity index (χ2v) is 3.42. The Labute approximate surface area is 85.9 Å². The van der Waals surface area contributed by atoms with E-state index < -0.39 is 0 Å². The van der Waals surface area contributed by atoms with E-state index in [1.54, 1.807) is 0 Å². The number of benzene rings is 2. The molecule has 2 rings (SSSR count). The van der Waals surface area contributed by atoms with Gasteiger partial charge in [0.05, 0.1) is 0 Å². The third-order valence-corrected chi connectivity index (χ3v) is 1.66. The zero-order valence-electron chi connectivity index (χ0n) is 8.70. The zero-order chi connectivity index (χ0) is 10.4. The summed E-state index contributed by atoms with van der Waals surface area (Å²) in [7, 11) is 0. The standard InChI is InChI=1S/C10H8.C4H7/c1-2-6-10-8-4-3-7-9(10)5-1;1-4(2)3/h1-8H;1H,2-3H3. The van der Waals surface area contributed by atoms with Gasteiger partial charge in [-0.15, -0.1) is 0 Å². The van der Waals surface area contributed by atoms with E-state index in [-0.39, 0.29) is 0 Å². The first-order valence-electron chi connectivity index (χ1n) is 4.69. The van der Waals surface area contributed by atoms with Gasteiger partial charge in [0.1, 0.15) is 0 Å². The SMILES string of the molecule is [CH]=C(C)C.c1ccc2ccccc2c1. The highest BCUT2D eigenvalue weighted by Crippen LogP contribution is 2.11. The van der Waals surface area contributed by atoms with Crippen LogP contribution in [0.2, 0.25) is 0 Å². The maximum atomic E-state index is 5.03. The minimum atomic E-state index is 0.917. The predicted octanol–water partition coefficient (Wildman–Crippen LogP) is 4.23. The van der Waals surface area contributed by atoms with Gasteiger partial charge in [0.2, 0.25) is 0 Å². The Morgan fingerprint density at radius 3 is 1.21 bits per heavy atom. The first-order valence-corrected chi connectivity index (χ1v) is 4.69. The van der Waals surface area contributed by atoms with Crippen molar-refractivity contribution in [2.45, 2.75) is 13.8 Å². The van der Waals surface area contributed by atoms with Crippen LogP contribution in [0.3, 0.4) is 0 Å². The van der Waals surface area contributed by atoms with Gasteiger partial charge in [0, 0.05) is 0 Å². The van der Waals surface area contributed by atoms with Gasteiger partial charge in [-0.25, -0.2) is 0 Å². The van der Waals surface area contributed by atoms with Gasteiger partial charge < -0.3 is 0 Å². The molecule has 0 heteroatoms. The molecule has 1 radical (unpaired) electrons. The van der Waals surface area contributed by atoms with Gasteiger partial charge in [-0.2, -0.15) is 0 Å². The lowest BCUT2D eigenvalue weighted by Gasteiger charge is -1.92. The quantitative estimate of drug-likeness (QED) is 0.573. The molecule has 0 spiro atoms. The topological polar surface area (TPSA) is 0 Å². The zero-order valence-corrected chi connectivity index (χ0v) is 8.70. The van der Waals surface area contributed by atoms with Crippen molar-refractivity contribution in [3.63, 3.8) is 0 Å². The van der Waals surface area contributed by atoms with Crippen LogP contribution in [0.25, 0.3) is 10.8 Å². The molecule has 0 aliphatic rings. The van der Waals surface area contributed by atoms with E-state index in [1.165, 1.54) is 10.8 Å². The molecule has 0 unspecified atom stereocenters. The summed E-state index contributed by atoms with van der Waals surface area (Å²) in [5.41, 5.74) is 0.917. The smallest absolute Gasteiger partial charge is 0.0184 e. The van der Waals surface area contributed by atoms with E-state index in [0.717, 1.165) is 5.57 Å². The van der Waals surface area contributed by atoms with Gasteiger partial charge in [0.15, 0.2) is 0 Å². The Bertz CT molecular complexity index is 344. The van der Waals surface area contributed by atoms with E-state index in [4.69, 9.17) is 6.58 Å². The largest absolute Gasteiger partial charge is 0.0764 e. The fraction of sp³-hybridized carbons (Fsp3) is 0.143. The van der Waals surface area contributed by atoms with Gasteiger partial charge in [0.25, 0.3) is 0 Å². The molecule has 0 fully saturated rings. The van der Waals surface area contributed by atoms with E-state index in [9.17, 15) is 0 Å². The lowest BCUT2D eigenvalue weighted by Crippen LogP contribution is -1.67. The highest BCUT2D eigenvalue weighted by molar-refractivity contribution is 5.81. The lowest BCUT2D eigenvalue weighted by molar-refractivity contribution is 1.41. The second-order valence-electron chi connectivity index (χ2n) is 3.42. The first kappa shape index (κ1) is 10.5. The summed E-state index contributed by atoms with van der Waals surface area (Å²) in [6.07, 6.45) is 0. The van der Waals surface area contributed by atoms with Crippen LogP contribution in [0.15, 0.2) is 54.1 Å². The van der Waals surface area contributed by atoms with E-state index in [1.807, 2.05) is 13.8 Å². The van der Waals surface area contributed by atoms with E-state index in [0.29, 0.717) is 0 Å². The van der Waals surface area contributed by atoms with E-state index >= 15 is 0 Å². The average Bonchev–Trinajstić information content (AvgIpc) is 2.17. The van der Waals surface area contributed by atoms with E-state index in [2.05, 4.69) is 48.5 Å². The van der Waals surface area contributed by atoms with Gasteiger partial charge in [-0.1, -0.05) is 60.7 Å². The molecule has 0 heterocycles. The average molecular weight is 183 g/mol. The molecule has 2 aromatic rings. The van der Waals surface area contributed by atoms with Crippen LogP contribution in [0.4, 0.5) is 0 Å². The summed E-state index contributed by atoms with van der Waals surface area (Å²) in [5.74, 6) is 0. The van der Waals surface area contributed by atoms with Crippen LogP contribution in [-0.2, 0) is 0 Å². The lowest BCUT2D eigenvalue weighted by atomic mass is 10.1. The fourth-order valence-electron chi connectivity index (χ4n) is 1.13. The molecule has 0 aromatic heterocycles. The Morgan fingerprint density at radius 2 is 1.00 bits per heavy atom. The summed E-state index contributed by atoms with van der Waals surface area (Å²) in [6.45, 7) is 8.75. The highest BCUT2D eigenvalue weighted by Gasteiger charge is 1.85. The molecule has 2 aromatic carbocycles. The van der Waals surface area contributed by atoms with Crippen LogP contribution in [0.5, 0.6) is 0 Å². The third-order valence-electron chi connectivity index (χ3n) is 1.66. The third kappa shape index (κ3) is 3.44. The van der Waals surface area contributed by atoms with Gasteiger partial charge >= 0.3 is 0 Å². The van der Waals surface area contributed by atoms with Gasteiger partial charge in [-0.3, -0.25) is 0 Å². The molecule has 0 aliphatic heterocycles. The number of hydrogen-bond donors (Lipinski definition) is 0. The molecule has 0 saturated carbocycles. The molecule has 0 bridgehead atoms. The van der Waals surface area contributed by atoms with Crippen molar-refractivity contribution in [2.75, 3.05) is 0 Å². The molecule has 0 atom stereocenters. The summed E-state index contributed by atoms with van der Waals surface area (Å²) in [5, 5.41) is 2.62. The molecule has 0 aliphatic carbocycles. The summed E-state index contributed by atoms with van der Waals surface area (Å²) >= 11 is 0. The minimum absolute atomic E-state index is 0.917. The number of fused-ring (bicyclic) bond motifs is 1. The summed E-state index contributed by atoms with van der Waals surface area (Å²) in [4.78, 5) is 0. The fourth-order valence-corrected chi connectivity index (χ4v) is 1.13. The molecule has 0 nitrogen and oxygen atoms in total. The maximum Gasteiger partial charge on any atom is -0.0184 e. The molecule has 71 valence electrons. The number of rotatable bonds is 0. The Hall–Kier alpha value is -1.56. The first-order chi connectivity index (χ1) is 6.70.